The maximum atomic E-state index is 5.41. The predicted molar refractivity (Wildman–Crippen MR) is 133 cm³/mol. The smallest absolute Gasteiger partial charge is 0.175 e. The van der Waals surface area contributed by atoms with Gasteiger partial charge in [-0.05, 0) is 79.8 Å². The molecule has 32 heavy (non-hydrogen) atoms. The summed E-state index contributed by atoms with van der Waals surface area (Å²) in [6, 6.07) is 23.7. The summed E-state index contributed by atoms with van der Waals surface area (Å²) in [7, 11) is 3.24. The standard InChI is InChI=1S/C25H24N4O2S/c1-17-4-7-19(8-5-17)26-25(32)27-20-9-11-21(12-10-20)29-15-14-22(28-29)18-6-13-23(30-2)24(16-18)31-3/h4-16H,1-3H3,(H2,26,27,32). The van der Waals surface area contributed by atoms with Gasteiger partial charge >= 0.3 is 0 Å². The third-order valence-corrected chi connectivity index (χ3v) is 5.17. The van der Waals surface area contributed by atoms with E-state index in [1.54, 1.807) is 14.2 Å². The fourth-order valence-electron chi connectivity index (χ4n) is 3.25. The monoisotopic (exact) mass is 444 g/mol. The molecule has 0 radical (unpaired) electrons. The average molecular weight is 445 g/mol. The van der Waals surface area contributed by atoms with Crippen molar-refractivity contribution in [3.05, 3.63) is 84.6 Å². The maximum Gasteiger partial charge on any atom is 0.175 e. The van der Waals surface area contributed by atoms with Gasteiger partial charge in [0.05, 0.1) is 25.6 Å². The van der Waals surface area contributed by atoms with E-state index >= 15 is 0 Å². The molecule has 0 saturated heterocycles. The fourth-order valence-corrected chi connectivity index (χ4v) is 3.48. The summed E-state index contributed by atoms with van der Waals surface area (Å²) < 4.78 is 12.5. The molecule has 3 aromatic carbocycles. The van der Waals surface area contributed by atoms with Crippen molar-refractivity contribution in [3.8, 4) is 28.4 Å². The molecule has 1 heterocycles. The summed E-state index contributed by atoms with van der Waals surface area (Å²) in [5.74, 6) is 1.36. The molecule has 0 saturated carbocycles. The molecule has 0 unspecified atom stereocenters. The second-order valence-corrected chi connectivity index (χ2v) is 7.62. The largest absolute Gasteiger partial charge is 0.493 e. The van der Waals surface area contributed by atoms with Crippen molar-refractivity contribution in [2.24, 2.45) is 0 Å². The summed E-state index contributed by atoms with van der Waals surface area (Å²) in [5, 5.41) is 11.6. The number of nitrogens with zero attached hydrogens (tertiary/aromatic N) is 2. The molecule has 6 nitrogen and oxygen atoms in total. The van der Waals surface area contributed by atoms with E-state index in [1.165, 1.54) is 5.56 Å². The number of thiocarbonyl (C=S) groups is 1. The van der Waals surface area contributed by atoms with Crippen LogP contribution in [0.2, 0.25) is 0 Å². The number of aromatic nitrogens is 2. The highest BCUT2D eigenvalue weighted by Crippen LogP contribution is 2.31. The van der Waals surface area contributed by atoms with Gasteiger partial charge in [0, 0.05) is 23.1 Å². The molecule has 0 bridgehead atoms. The lowest BCUT2D eigenvalue weighted by molar-refractivity contribution is 0.355. The van der Waals surface area contributed by atoms with Crippen LogP contribution in [0, 0.1) is 6.92 Å². The van der Waals surface area contributed by atoms with Crippen molar-refractivity contribution in [1.29, 1.82) is 0 Å². The topological polar surface area (TPSA) is 60.3 Å². The molecule has 2 N–H and O–H groups in total. The van der Waals surface area contributed by atoms with Crippen LogP contribution in [-0.2, 0) is 0 Å². The van der Waals surface area contributed by atoms with Gasteiger partial charge in [0.25, 0.3) is 0 Å². The Hall–Kier alpha value is -3.84. The normalized spacial score (nSPS) is 10.5. The second-order valence-electron chi connectivity index (χ2n) is 7.21. The first kappa shape index (κ1) is 21.4. The molecule has 0 aliphatic carbocycles. The molecular formula is C25H24N4O2S. The van der Waals surface area contributed by atoms with Crippen LogP contribution in [0.3, 0.4) is 0 Å². The summed E-state index contributed by atoms with van der Waals surface area (Å²) >= 11 is 5.41. The number of benzene rings is 3. The quantitative estimate of drug-likeness (QED) is 0.374. The van der Waals surface area contributed by atoms with Crippen LogP contribution in [0.4, 0.5) is 11.4 Å². The molecule has 1 aromatic heterocycles. The molecule has 0 amide bonds. The highest BCUT2D eigenvalue weighted by atomic mass is 32.1. The van der Waals surface area contributed by atoms with Gasteiger partial charge in [0.1, 0.15) is 0 Å². The van der Waals surface area contributed by atoms with E-state index in [0.717, 1.165) is 28.3 Å². The maximum absolute atomic E-state index is 5.41. The molecule has 0 atom stereocenters. The van der Waals surface area contributed by atoms with Crippen LogP contribution >= 0.6 is 12.2 Å². The Bertz CT molecular complexity index is 1220. The molecule has 7 heteroatoms. The van der Waals surface area contributed by atoms with Gasteiger partial charge in [-0.1, -0.05) is 17.7 Å². The summed E-state index contributed by atoms with van der Waals surface area (Å²) in [4.78, 5) is 0. The summed E-state index contributed by atoms with van der Waals surface area (Å²) in [6.45, 7) is 2.05. The first-order valence-electron chi connectivity index (χ1n) is 10.1. The second kappa shape index (κ2) is 9.53. The summed E-state index contributed by atoms with van der Waals surface area (Å²) in [5.41, 5.74) is 5.79. The zero-order chi connectivity index (χ0) is 22.5. The Labute approximate surface area is 192 Å². The van der Waals surface area contributed by atoms with E-state index in [1.807, 2.05) is 83.7 Å². The Morgan fingerprint density at radius 1 is 0.812 bits per heavy atom. The molecule has 0 aliphatic heterocycles. The number of rotatable bonds is 6. The third-order valence-electron chi connectivity index (χ3n) is 4.97. The van der Waals surface area contributed by atoms with Gasteiger partial charge in [-0.15, -0.1) is 0 Å². The average Bonchev–Trinajstić information content (AvgIpc) is 3.31. The van der Waals surface area contributed by atoms with Crippen molar-refractivity contribution in [1.82, 2.24) is 9.78 Å². The van der Waals surface area contributed by atoms with Gasteiger partial charge < -0.3 is 20.1 Å². The lowest BCUT2D eigenvalue weighted by Crippen LogP contribution is -2.18. The van der Waals surface area contributed by atoms with E-state index in [2.05, 4.69) is 17.6 Å². The Kier molecular flexibility index (Phi) is 6.37. The van der Waals surface area contributed by atoms with Gasteiger partial charge in [-0.2, -0.15) is 5.10 Å². The van der Waals surface area contributed by atoms with Gasteiger partial charge in [0.2, 0.25) is 0 Å². The highest BCUT2D eigenvalue weighted by Gasteiger charge is 2.09. The predicted octanol–water partition coefficient (Wildman–Crippen LogP) is 5.67. The molecule has 0 spiro atoms. The fraction of sp³-hybridized carbons (Fsp3) is 0.120. The van der Waals surface area contributed by atoms with Gasteiger partial charge in [-0.3, -0.25) is 0 Å². The number of hydrogen-bond acceptors (Lipinski definition) is 4. The zero-order valence-corrected chi connectivity index (χ0v) is 18.9. The molecule has 0 fully saturated rings. The Morgan fingerprint density at radius 3 is 2.06 bits per heavy atom. The lowest BCUT2D eigenvalue weighted by Gasteiger charge is -2.11. The Morgan fingerprint density at radius 2 is 1.44 bits per heavy atom. The number of anilines is 2. The number of aryl methyl sites for hydroxylation is 1. The van der Waals surface area contributed by atoms with E-state index in [9.17, 15) is 0 Å². The number of methoxy groups -OCH3 is 2. The molecule has 0 aliphatic rings. The third kappa shape index (κ3) is 4.90. The first-order valence-corrected chi connectivity index (χ1v) is 10.5. The van der Waals surface area contributed by atoms with Crippen molar-refractivity contribution >= 4 is 28.7 Å². The van der Waals surface area contributed by atoms with Gasteiger partial charge in [0.15, 0.2) is 16.6 Å². The van der Waals surface area contributed by atoms with Crippen LogP contribution in [0.1, 0.15) is 5.56 Å². The van der Waals surface area contributed by atoms with E-state index in [-0.39, 0.29) is 0 Å². The van der Waals surface area contributed by atoms with Crippen molar-refractivity contribution in [2.75, 3.05) is 24.9 Å². The van der Waals surface area contributed by atoms with Gasteiger partial charge in [-0.25, -0.2) is 4.68 Å². The lowest BCUT2D eigenvalue weighted by atomic mass is 10.1. The van der Waals surface area contributed by atoms with Crippen LogP contribution in [0.15, 0.2) is 79.0 Å². The van der Waals surface area contributed by atoms with Crippen molar-refractivity contribution in [3.63, 3.8) is 0 Å². The van der Waals surface area contributed by atoms with E-state index < -0.39 is 0 Å². The van der Waals surface area contributed by atoms with Crippen LogP contribution < -0.4 is 20.1 Å². The minimum Gasteiger partial charge on any atom is -0.493 e. The van der Waals surface area contributed by atoms with Crippen molar-refractivity contribution in [2.45, 2.75) is 6.92 Å². The van der Waals surface area contributed by atoms with Crippen molar-refractivity contribution < 1.29 is 9.47 Å². The van der Waals surface area contributed by atoms with E-state index in [0.29, 0.717) is 16.6 Å². The summed E-state index contributed by atoms with van der Waals surface area (Å²) in [6.07, 6.45) is 1.93. The zero-order valence-electron chi connectivity index (χ0n) is 18.1. The first-order chi connectivity index (χ1) is 15.6. The highest BCUT2D eigenvalue weighted by molar-refractivity contribution is 7.80. The minimum absolute atomic E-state index is 0.538. The number of hydrogen-bond donors (Lipinski definition) is 2. The molecule has 4 aromatic rings. The van der Waals surface area contributed by atoms with E-state index in [4.69, 9.17) is 26.8 Å². The number of ether oxygens (including phenoxy) is 2. The molecule has 4 rings (SSSR count). The van der Waals surface area contributed by atoms with Crippen LogP contribution in [0.25, 0.3) is 16.9 Å². The number of nitrogens with one attached hydrogen (secondary N) is 2. The van der Waals surface area contributed by atoms with Crippen LogP contribution in [-0.4, -0.2) is 29.1 Å². The van der Waals surface area contributed by atoms with Crippen LogP contribution in [0.5, 0.6) is 11.5 Å². The molecule has 162 valence electrons. The SMILES string of the molecule is COc1ccc(-c2ccn(-c3ccc(NC(=S)Nc4ccc(C)cc4)cc3)n2)cc1OC. The minimum atomic E-state index is 0.538. The Balaban J connectivity index is 1.44. The molecular weight excluding hydrogens is 420 g/mol.